The zero-order chi connectivity index (χ0) is 8.89. The first kappa shape index (κ1) is 7.19. The normalized spacial score (nSPS) is 21.5. The van der Waals surface area contributed by atoms with E-state index in [0.29, 0.717) is 5.41 Å². The van der Waals surface area contributed by atoms with E-state index in [1.807, 2.05) is 12.1 Å². The van der Waals surface area contributed by atoms with Gasteiger partial charge in [-0.3, -0.25) is 0 Å². The summed E-state index contributed by atoms with van der Waals surface area (Å²) in [7, 11) is 0. The Morgan fingerprint density at radius 3 is 2.85 bits per heavy atom. The van der Waals surface area contributed by atoms with E-state index in [-0.39, 0.29) is 0 Å². The lowest BCUT2D eigenvalue weighted by Gasteiger charge is -2.22. The second-order valence-electron chi connectivity index (χ2n) is 4.20. The topological polar surface area (TPSA) is 26.0 Å². The minimum Gasteiger partial charge on any atom is -0.398 e. The molecule has 0 unspecified atom stereocenters. The van der Waals surface area contributed by atoms with Crippen LogP contribution in [-0.4, -0.2) is 0 Å². The Kier molecular flexibility index (Phi) is 1.20. The summed E-state index contributed by atoms with van der Waals surface area (Å²) in [6, 6.07) is 6.24. The van der Waals surface area contributed by atoms with Crippen molar-refractivity contribution >= 4 is 11.8 Å². The highest BCUT2D eigenvalue weighted by molar-refractivity contribution is 5.69. The van der Waals surface area contributed by atoms with Crippen molar-refractivity contribution in [1.82, 2.24) is 0 Å². The molecule has 1 aromatic rings. The molecule has 0 heterocycles. The van der Waals surface area contributed by atoms with Gasteiger partial charge >= 0.3 is 0 Å². The van der Waals surface area contributed by atoms with Crippen LogP contribution in [0.2, 0.25) is 0 Å². The Labute approximate surface area is 78.3 Å². The second kappa shape index (κ2) is 2.16. The van der Waals surface area contributed by atoms with Crippen molar-refractivity contribution in [3.63, 3.8) is 0 Å². The van der Waals surface area contributed by atoms with Crippen LogP contribution >= 0.6 is 0 Å². The molecule has 0 aromatic heterocycles. The van der Waals surface area contributed by atoms with E-state index in [4.69, 9.17) is 5.73 Å². The van der Waals surface area contributed by atoms with Gasteiger partial charge in [0.2, 0.25) is 0 Å². The van der Waals surface area contributed by atoms with E-state index >= 15 is 0 Å². The molecule has 0 saturated heterocycles. The highest BCUT2D eigenvalue weighted by Gasteiger charge is 2.46. The number of benzene rings is 1. The van der Waals surface area contributed by atoms with Gasteiger partial charge in [-0.2, -0.15) is 0 Å². The van der Waals surface area contributed by atoms with Gasteiger partial charge in [0, 0.05) is 11.1 Å². The first-order valence-corrected chi connectivity index (χ1v) is 4.87. The van der Waals surface area contributed by atoms with Crippen LogP contribution in [0.4, 0.5) is 5.69 Å². The smallest absolute Gasteiger partial charge is 0.0358 e. The standard InChI is InChI=1S/C12H13N/c13-10-5-1-3-9-4-2-6-12(7-8-12)11(9)10/h1-5H,6-8,13H2. The van der Waals surface area contributed by atoms with E-state index in [9.17, 15) is 0 Å². The molecule has 0 amide bonds. The average Bonchev–Trinajstić information content (AvgIpc) is 2.86. The van der Waals surface area contributed by atoms with Gasteiger partial charge in [-0.25, -0.2) is 0 Å². The molecule has 1 spiro atoms. The average molecular weight is 171 g/mol. The lowest BCUT2D eigenvalue weighted by atomic mass is 9.83. The maximum absolute atomic E-state index is 6.02. The third kappa shape index (κ3) is 0.873. The predicted molar refractivity (Wildman–Crippen MR) is 55.4 cm³/mol. The van der Waals surface area contributed by atoms with Crippen LogP contribution in [-0.2, 0) is 5.41 Å². The molecule has 2 N–H and O–H groups in total. The molecule has 0 aliphatic heterocycles. The third-order valence-electron chi connectivity index (χ3n) is 3.32. The Morgan fingerprint density at radius 1 is 1.23 bits per heavy atom. The summed E-state index contributed by atoms with van der Waals surface area (Å²) in [5.41, 5.74) is 10.2. The first-order chi connectivity index (χ1) is 6.32. The molecule has 2 aliphatic rings. The van der Waals surface area contributed by atoms with Crippen molar-refractivity contribution < 1.29 is 0 Å². The molecule has 1 heteroatoms. The van der Waals surface area contributed by atoms with Crippen molar-refractivity contribution in [3.05, 3.63) is 35.4 Å². The first-order valence-electron chi connectivity index (χ1n) is 4.87. The number of anilines is 1. The fraction of sp³-hybridized carbons (Fsp3) is 0.333. The van der Waals surface area contributed by atoms with Gasteiger partial charge in [0.1, 0.15) is 0 Å². The van der Waals surface area contributed by atoms with Crippen molar-refractivity contribution in [2.75, 3.05) is 5.73 Å². The monoisotopic (exact) mass is 171 g/mol. The van der Waals surface area contributed by atoms with Crippen LogP contribution in [0.25, 0.3) is 6.08 Å². The Morgan fingerprint density at radius 2 is 2.08 bits per heavy atom. The summed E-state index contributed by atoms with van der Waals surface area (Å²) in [5.74, 6) is 0. The van der Waals surface area contributed by atoms with Gasteiger partial charge in [0.05, 0.1) is 0 Å². The molecule has 2 aliphatic carbocycles. The molecule has 1 nitrogen and oxygen atoms in total. The summed E-state index contributed by atoms with van der Waals surface area (Å²) in [5, 5.41) is 0. The summed E-state index contributed by atoms with van der Waals surface area (Å²) >= 11 is 0. The number of fused-ring (bicyclic) bond motifs is 2. The molecular formula is C12H13N. The second-order valence-corrected chi connectivity index (χ2v) is 4.20. The Balaban J connectivity index is 2.28. The molecule has 3 rings (SSSR count). The van der Waals surface area contributed by atoms with Crippen LogP contribution in [0.15, 0.2) is 24.3 Å². The minimum atomic E-state index is 0.440. The molecule has 0 bridgehead atoms. The molecule has 1 fully saturated rings. The minimum absolute atomic E-state index is 0.440. The largest absolute Gasteiger partial charge is 0.398 e. The van der Waals surface area contributed by atoms with Gasteiger partial charge in [-0.05, 0) is 36.5 Å². The highest BCUT2D eigenvalue weighted by Crippen LogP contribution is 2.56. The zero-order valence-electron chi connectivity index (χ0n) is 7.59. The van der Waals surface area contributed by atoms with E-state index in [1.165, 1.54) is 30.4 Å². The fourth-order valence-corrected chi connectivity index (χ4v) is 2.46. The quantitative estimate of drug-likeness (QED) is 0.597. The van der Waals surface area contributed by atoms with Crippen molar-refractivity contribution in [2.24, 2.45) is 0 Å². The molecule has 1 aromatic carbocycles. The lowest BCUT2D eigenvalue weighted by molar-refractivity contribution is 0.701. The van der Waals surface area contributed by atoms with Crippen LogP contribution in [0.5, 0.6) is 0 Å². The summed E-state index contributed by atoms with van der Waals surface area (Å²) in [6.07, 6.45) is 8.31. The van der Waals surface area contributed by atoms with E-state index < -0.39 is 0 Å². The SMILES string of the molecule is Nc1cccc2c1C1(CC=C2)CC1. The molecule has 1 saturated carbocycles. The van der Waals surface area contributed by atoms with Crippen LogP contribution < -0.4 is 5.73 Å². The lowest BCUT2D eigenvalue weighted by Crippen LogP contribution is -2.13. The van der Waals surface area contributed by atoms with E-state index in [0.717, 1.165) is 5.69 Å². The molecule has 0 atom stereocenters. The zero-order valence-corrected chi connectivity index (χ0v) is 7.59. The maximum Gasteiger partial charge on any atom is 0.0358 e. The number of rotatable bonds is 0. The van der Waals surface area contributed by atoms with E-state index in [2.05, 4.69) is 18.2 Å². The third-order valence-corrected chi connectivity index (χ3v) is 3.32. The maximum atomic E-state index is 6.02. The van der Waals surface area contributed by atoms with Gasteiger partial charge in [-0.1, -0.05) is 24.3 Å². The number of nitrogen functional groups attached to an aromatic ring is 1. The summed E-state index contributed by atoms with van der Waals surface area (Å²) in [6.45, 7) is 0. The number of nitrogens with two attached hydrogens (primary N) is 1. The summed E-state index contributed by atoms with van der Waals surface area (Å²) < 4.78 is 0. The van der Waals surface area contributed by atoms with Gasteiger partial charge in [0.15, 0.2) is 0 Å². The number of hydrogen-bond donors (Lipinski definition) is 1. The van der Waals surface area contributed by atoms with Crippen molar-refractivity contribution in [2.45, 2.75) is 24.7 Å². The van der Waals surface area contributed by atoms with Crippen LogP contribution in [0, 0.1) is 0 Å². The fourth-order valence-electron chi connectivity index (χ4n) is 2.46. The summed E-state index contributed by atoms with van der Waals surface area (Å²) in [4.78, 5) is 0. The molecular weight excluding hydrogens is 158 g/mol. The van der Waals surface area contributed by atoms with Gasteiger partial charge < -0.3 is 5.73 Å². The van der Waals surface area contributed by atoms with Gasteiger partial charge in [-0.15, -0.1) is 0 Å². The molecule has 66 valence electrons. The highest BCUT2D eigenvalue weighted by atomic mass is 14.6. The molecule has 13 heavy (non-hydrogen) atoms. The van der Waals surface area contributed by atoms with Crippen molar-refractivity contribution in [1.29, 1.82) is 0 Å². The van der Waals surface area contributed by atoms with E-state index in [1.54, 1.807) is 0 Å². The Hall–Kier alpha value is -1.24. The van der Waals surface area contributed by atoms with Crippen LogP contribution in [0.1, 0.15) is 30.4 Å². The van der Waals surface area contributed by atoms with Crippen molar-refractivity contribution in [3.8, 4) is 0 Å². The van der Waals surface area contributed by atoms with Gasteiger partial charge in [0.25, 0.3) is 0 Å². The molecule has 0 radical (unpaired) electrons. The Bertz CT molecular complexity index is 386. The number of hydrogen-bond acceptors (Lipinski definition) is 1. The number of allylic oxidation sites excluding steroid dienone is 1. The van der Waals surface area contributed by atoms with Crippen LogP contribution in [0.3, 0.4) is 0 Å². The predicted octanol–water partition coefficient (Wildman–Crippen LogP) is 2.72.